The second-order valence-corrected chi connectivity index (χ2v) is 5.10. The van der Waals surface area contributed by atoms with Crippen molar-refractivity contribution < 1.29 is 23.8 Å². The van der Waals surface area contributed by atoms with Crippen molar-refractivity contribution in [3.05, 3.63) is 30.1 Å². The molecule has 0 saturated carbocycles. The second kappa shape index (κ2) is 6.56. The summed E-state index contributed by atoms with van der Waals surface area (Å²) in [5, 5.41) is 9.18. The lowest BCUT2D eigenvalue weighted by Gasteiger charge is -2.34. The van der Waals surface area contributed by atoms with Crippen molar-refractivity contribution in [1.29, 1.82) is 0 Å². The van der Waals surface area contributed by atoms with Gasteiger partial charge in [0.25, 0.3) is 5.91 Å². The number of carboxylic acids is 1. The lowest BCUT2D eigenvalue weighted by molar-refractivity contribution is -0.155. The predicted molar refractivity (Wildman–Crippen MR) is 73.5 cm³/mol. The highest BCUT2D eigenvalue weighted by Gasteiger charge is 2.34. The number of hydrogen-bond acceptors (Lipinski definition) is 3. The van der Waals surface area contributed by atoms with Gasteiger partial charge in [0.1, 0.15) is 17.6 Å². The fourth-order valence-electron chi connectivity index (χ4n) is 2.48. The van der Waals surface area contributed by atoms with Gasteiger partial charge in [0.2, 0.25) is 0 Å². The molecule has 0 bridgehead atoms. The third-order valence-corrected chi connectivity index (χ3v) is 3.53. The van der Waals surface area contributed by atoms with Crippen LogP contribution in [0.3, 0.4) is 0 Å². The number of ether oxygens (including phenoxy) is 1. The summed E-state index contributed by atoms with van der Waals surface area (Å²) in [6.07, 6.45) is 1.17. The average molecular weight is 295 g/mol. The molecule has 1 aromatic rings. The molecular formula is C15H18FNO4. The van der Waals surface area contributed by atoms with Crippen LogP contribution < -0.4 is 4.74 Å². The number of aliphatic carboxylic acids is 1. The van der Waals surface area contributed by atoms with Crippen molar-refractivity contribution in [1.82, 2.24) is 4.90 Å². The van der Waals surface area contributed by atoms with Crippen molar-refractivity contribution in [3.63, 3.8) is 0 Å². The maximum atomic E-state index is 13.1. The van der Waals surface area contributed by atoms with E-state index in [9.17, 15) is 19.1 Å². The first-order valence-electron chi connectivity index (χ1n) is 6.94. The lowest BCUT2D eigenvalue weighted by atomic mass is 10.0. The Bertz CT molecular complexity index is 534. The zero-order valence-corrected chi connectivity index (χ0v) is 11.8. The Hall–Kier alpha value is -2.11. The molecule has 1 unspecified atom stereocenters. The van der Waals surface area contributed by atoms with Gasteiger partial charge in [-0.05, 0) is 38.3 Å². The molecule has 0 aliphatic carbocycles. The van der Waals surface area contributed by atoms with E-state index in [1.54, 1.807) is 13.0 Å². The molecule has 114 valence electrons. The first-order valence-corrected chi connectivity index (χ1v) is 6.94. The van der Waals surface area contributed by atoms with Crippen LogP contribution >= 0.6 is 0 Å². The van der Waals surface area contributed by atoms with E-state index in [0.717, 1.165) is 12.8 Å². The monoisotopic (exact) mass is 295 g/mol. The van der Waals surface area contributed by atoms with E-state index in [-0.39, 0.29) is 11.7 Å². The summed E-state index contributed by atoms with van der Waals surface area (Å²) in [6.45, 7) is 1.95. The maximum Gasteiger partial charge on any atom is 0.326 e. The Kier molecular flexibility index (Phi) is 4.77. The van der Waals surface area contributed by atoms with Gasteiger partial charge >= 0.3 is 5.97 Å². The minimum atomic E-state index is -0.999. The number of carboxylic acid groups (broad SMARTS) is 1. The number of rotatable bonds is 4. The number of amides is 1. The fourth-order valence-corrected chi connectivity index (χ4v) is 2.48. The van der Waals surface area contributed by atoms with Crippen LogP contribution in [0.4, 0.5) is 4.39 Å². The molecule has 2 atom stereocenters. The normalized spacial score (nSPS) is 19.9. The van der Waals surface area contributed by atoms with Crippen LogP contribution in [-0.4, -0.2) is 40.6 Å². The Balaban J connectivity index is 2.05. The molecular weight excluding hydrogens is 277 g/mol. The molecule has 1 N–H and O–H groups in total. The Labute approximate surface area is 122 Å². The second-order valence-electron chi connectivity index (χ2n) is 5.10. The average Bonchev–Trinajstić information content (AvgIpc) is 2.46. The Morgan fingerprint density at radius 2 is 2.19 bits per heavy atom. The number of hydrogen-bond donors (Lipinski definition) is 1. The summed E-state index contributed by atoms with van der Waals surface area (Å²) < 4.78 is 18.5. The zero-order chi connectivity index (χ0) is 15.4. The third-order valence-electron chi connectivity index (χ3n) is 3.53. The highest BCUT2D eigenvalue weighted by molar-refractivity contribution is 5.86. The van der Waals surface area contributed by atoms with Gasteiger partial charge in [0.05, 0.1) is 0 Å². The maximum absolute atomic E-state index is 13.1. The number of halogens is 1. The summed E-state index contributed by atoms with van der Waals surface area (Å²) in [5.41, 5.74) is 0. The molecule has 1 aliphatic heterocycles. The largest absolute Gasteiger partial charge is 0.481 e. The van der Waals surface area contributed by atoms with Gasteiger partial charge in [-0.1, -0.05) is 6.07 Å². The number of piperidine rings is 1. The molecule has 1 heterocycles. The highest BCUT2D eigenvalue weighted by Crippen LogP contribution is 2.20. The van der Waals surface area contributed by atoms with Crippen LogP contribution in [0.1, 0.15) is 26.2 Å². The number of carbonyl (C=O) groups excluding carboxylic acids is 1. The third kappa shape index (κ3) is 3.71. The molecule has 21 heavy (non-hydrogen) atoms. The number of benzene rings is 1. The van der Waals surface area contributed by atoms with E-state index in [1.165, 1.54) is 23.1 Å². The summed E-state index contributed by atoms with van der Waals surface area (Å²) in [6, 6.07) is 4.71. The summed E-state index contributed by atoms with van der Waals surface area (Å²) in [4.78, 5) is 24.9. The van der Waals surface area contributed by atoms with E-state index < -0.39 is 23.9 Å². The van der Waals surface area contributed by atoms with Gasteiger partial charge in [-0.25, -0.2) is 9.18 Å². The van der Waals surface area contributed by atoms with Gasteiger partial charge in [0, 0.05) is 12.6 Å². The molecule has 1 aromatic carbocycles. The van der Waals surface area contributed by atoms with Gasteiger partial charge in [-0.3, -0.25) is 4.79 Å². The van der Waals surface area contributed by atoms with Crippen LogP contribution in [0, 0.1) is 5.82 Å². The molecule has 1 fully saturated rings. The van der Waals surface area contributed by atoms with Crippen molar-refractivity contribution in [3.8, 4) is 5.75 Å². The van der Waals surface area contributed by atoms with E-state index in [1.807, 2.05) is 0 Å². The first kappa shape index (κ1) is 15.3. The fraction of sp³-hybridized carbons (Fsp3) is 0.467. The number of carbonyl (C=O) groups is 2. The van der Waals surface area contributed by atoms with Crippen molar-refractivity contribution >= 4 is 11.9 Å². The quantitative estimate of drug-likeness (QED) is 0.923. The minimum Gasteiger partial charge on any atom is -0.481 e. The molecule has 1 amide bonds. The topological polar surface area (TPSA) is 66.8 Å². The first-order chi connectivity index (χ1) is 9.99. The predicted octanol–water partition coefficient (Wildman–Crippen LogP) is 2.06. The van der Waals surface area contributed by atoms with Gasteiger partial charge in [0.15, 0.2) is 6.10 Å². The standard InChI is InChI=1S/C15H18FNO4/c1-10(21-12-6-4-5-11(16)9-12)14(18)17-8-3-2-7-13(17)15(19)20/h4-6,9-10,13H,2-3,7-8H2,1H3,(H,19,20)/t10?,13-/m0/s1. The van der Waals surface area contributed by atoms with Crippen LogP contribution in [-0.2, 0) is 9.59 Å². The summed E-state index contributed by atoms with van der Waals surface area (Å²) in [5.74, 6) is -1.58. The number of likely N-dealkylation sites (tertiary alicyclic amines) is 1. The Morgan fingerprint density at radius 3 is 2.86 bits per heavy atom. The Morgan fingerprint density at radius 1 is 1.43 bits per heavy atom. The van der Waals surface area contributed by atoms with E-state index in [4.69, 9.17) is 4.74 Å². The summed E-state index contributed by atoms with van der Waals surface area (Å²) >= 11 is 0. The molecule has 5 nitrogen and oxygen atoms in total. The van der Waals surface area contributed by atoms with Gasteiger partial charge in [-0.15, -0.1) is 0 Å². The van der Waals surface area contributed by atoms with Crippen molar-refractivity contribution in [2.75, 3.05) is 6.54 Å². The lowest BCUT2D eigenvalue weighted by Crippen LogP contribution is -2.52. The zero-order valence-electron chi connectivity index (χ0n) is 11.8. The molecule has 0 radical (unpaired) electrons. The van der Waals surface area contributed by atoms with Crippen LogP contribution in [0.15, 0.2) is 24.3 Å². The van der Waals surface area contributed by atoms with Crippen molar-refractivity contribution in [2.24, 2.45) is 0 Å². The van der Waals surface area contributed by atoms with Crippen LogP contribution in [0.25, 0.3) is 0 Å². The summed E-state index contributed by atoms with van der Waals surface area (Å²) in [7, 11) is 0. The smallest absolute Gasteiger partial charge is 0.326 e. The van der Waals surface area contributed by atoms with Crippen LogP contribution in [0.2, 0.25) is 0 Å². The molecule has 1 saturated heterocycles. The van der Waals surface area contributed by atoms with E-state index >= 15 is 0 Å². The molecule has 0 aromatic heterocycles. The van der Waals surface area contributed by atoms with E-state index in [0.29, 0.717) is 13.0 Å². The highest BCUT2D eigenvalue weighted by atomic mass is 19.1. The molecule has 2 rings (SSSR count). The minimum absolute atomic E-state index is 0.250. The molecule has 1 aliphatic rings. The number of nitrogens with zero attached hydrogens (tertiary/aromatic N) is 1. The van der Waals surface area contributed by atoms with Gasteiger partial charge < -0.3 is 14.7 Å². The van der Waals surface area contributed by atoms with E-state index in [2.05, 4.69) is 0 Å². The van der Waals surface area contributed by atoms with Crippen LogP contribution in [0.5, 0.6) is 5.75 Å². The van der Waals surface area contributed by atoms with Gasteiger partial charge in [-0.2, -0.15) is 0 Å². The SMILES string of the molecule is CC(Oc1cccc(F)c1)C(=O)N1CCCC[C@H]1C(=O)O. The van der Waals surface area contributed by atoms with Crippen molar-refractivity contribution in [2.45, 2.75) is 38.3 Å². The molecule has 0 spiro atoms. The molecule has 6 heteroatoms.